The molecule has 0 unspecified atom stereocenters. The first-order valence-electron chi connectivity index (χ1n) is 11.6. The van der Waals surface area contributed by atoms with Crippen molar-refractivity contribution in [1.29, 1.82) is 0 Å². The van der Waals surface area contributed by atoms with Crippen LogP contribution < -0.4 is 5.32 Å². The van der Waals surface area contributed by atoms with Crippen molar-refractivity contribution in [2.45, 2.75) is 10.6 Å². The number of aromatic nitrogens is 2. The van der Waals surface area contributed by atoms with Crippen LogP contribution in [0.3, 0.4) is 0 Å². The summed E-state index contributed by atoms with van der Waals surface area (Å²) in [5.74, 6) is -0.944. The molecular weight excluding hydrogens is 484 g/mol. The average molecular weight is 511 g/mol. The molecule has 0 saturated carbocycles. The number of carbonyl (C=O) groups is 2. The first-order chi connectivity index (χ1) is 17.4. The van der Waals surface area contributed by atoms with Gasteiger partial charge in [-0.1, -0.05) is 24.3 Å². The van der Waals surface area contributed by atoms with Crippen molar-refractivity contribution in [2.24, 2.45) is 0 Å². The first-order valence-corrected chi connectivity index (χ1v) is 13.2. The highest BCUT2D eigenvalue weighted by molar-refractivity contribution is 7.90. The summed E-state index contributed by atoms with van der Waals surface area (Å²) in [5.41, 5.74) is 2.42. The van der Waals surface area contributed by atoms with E-state index < -0.39 is 9.84 Å². The third-order valence-electron chi connectivity index (χ3n) is 6.24. The van der Waals surface area contributed by atoms with Crippen molar-refractivity contribution in [1.82, 2.24) is 20.0 Å². The van der Waals surface area contributed by atoms with Gasteiger partial charge < -0.3 is 19.7 Å². The van der Waals surface area contributed by atoms with Crippen LogP contribution in [0.15, 0.2) is 53.4 Å². The first kappa shape index (κ1) is 24.2. The number of morpholine rings is 1. The third-order valence-corrected chi connectivity index (χ3v) is 7.94. The largest absolute Gasteiger partial charge is 0.383 e. The summed E-state index contributed by atoms with van der Waals surface area (Å²) in [6.07, 6.45) is 0. The molecule has 2 amide bonds. The third kappa shape index (κ3) is 4.41. The number of fused-ring (bicyclic) bond motifs is 3. The fourth-order valence-electron chi connectivity index (χ4n) is 4.49. The molecule has 0 aliphatic carbocycles. The Balaban J connectivity index is 1.64. The van der Waals surface area contributed by atoms with E-state index in [2.05, 4.69) is 10.4 Å². The normalized spacial score (nSPS) is 16.2. The molecule has 10 nitrogen and oxygen atoms in total. The summed E-state index contributed by atoms with van der Waals surface area (Å²) in [6.45, 7) is 2.38. The predicted octanol–water partition coefficient (Wildman–Crippen LogP) is 1.68. The van der Waals surface area contributed by atoms with E-state index in [1.165, 1.54) is 0 Å². The molecule has 5 rings (SSSR count). The Hall–Kier alpha value is -3.54. The van der Waals surface area contributed by atoms with Crippen molar-refractivity contribution >= 4 is 21.7 Å². The maximum absolute atomic E-state index is 13.5. The van der Waals surface area contributed by atoms with Crippen LogP contribution in [-0.4, -0.2) is 81.5 Å². The number of carbonyl (C=O) groups excluding carboxylic acids is 2. The van der Waals surface area contributed by atoms with Gasteiger partial charge in [0.25, 0.3) is 11.8 Å². The summed E-state index contributed by atoms with van der Waals surface area (Å²) < 4.78 is 38.2. The smallest absolute Gasteiger partial charge is 0.274 e. The van der Waals surface area contributed by atoms with E-state index in [1.54, 1.807) is 65.2 Å². The average Bonchev–Trinajstić information content (AvgIpc) is 3.27. The fraction of sp³-hybridized carbons (Fsp3) is 0.320. The van der Waals surface area contributed by atoms with Gasteiger partial charge in [-0.05, 0) is 24.3 Å². The molecule has 2 aromatic carbocycles. The predicted molar refractivity (Wildman–Crippen MR) is 131 cm³/mol. The van der Waals surface area contributed by atoms with Crippen LogP contribution in [0.1, 0.15) is 26.4 Å². The van der Waals surface area contributed by atoms with Gasteiger partial charge in [0, 0.05) is 43.4 Å². The Morgan fingerprint density at radius 3 is 2.67 bits per heavy atom. The summed E-state index contributed by atoms with van der Waals surface area (Å²) >= 11 is 0. The summed E-state index contributed by atoms with van der Waals surface area (Å²) in [6, 6.07) is 13.6. The van der Waals surface area contributed by atoms with Crippen molar-refractivity contribution < 1.29 is 27.5 Å². The molecule has 1 fully saturated rings. The van der Waals surface area contributed by atoms with Crippen molar-refractivity contribution in [3.63, 3.8) is 0 Å². The molecule has 0 atom stereocenters. The second-order valence-electron chi connectivity index (χ2n) is 8.55. The van der Waals surface area contributed by atoms with E-state index in [1.807, 2.05) is 0 Å². The number of nitrogens with zero attached hydrogens (tertiary/aromatic N) is 3. The van der Waals surface area contributed by atoms with Gasteiger partial charge in [0.15, 0.2) is 15.5 Å². The van der Waals surface area contributed by atoms with E-state index in [0.29, 0.717) is 67.5 Å². The molecule has 3 aromatic rings. The van der Waals surface area contributed by atoms with E-state index in [-0.39, 0.29) is 28.2 Å². The molecule has 0 spiro atoms. The van der Waals surface area contributed by atoms with Crippen LogP contribution in [0.4, 0.5) is 0 Å². The highest BCUT2D eigenvalue weighted by Gasteiger charge is 2.37. The zero-order valence-corrected chi connectivity index (χ0v) is 20.6. The lowest BCUT2D eigenvalue weighted by Gasteiger charge is -2.26. The second-order valence-corrected chi connectivity index (χ2v) is 10.5. The van der Waals surface area contributed by atoms with Crippen molar-refractivity contribution in [2.75, 3.05) is 46.6 Å². The lowest BCUT2D eigenvalue weighted by atomic mass is 10.0. The van der Waals surface area contributed by atoms with Gasteiger partial charge in [0.05, 0.1) is 41.9 Å². The molecule has 2 aliphatic rings. The minimum Gasteiger partial charge on any atom is -0.383 e. The number of rotatable bonds is 6. The molecular formula is C25H26N4O6S. The number of methoxy groups -OCH3 is 1. The zero-order valence-electron chi connectivity index (χ0n) is 19.8. The highest BCUT2D eigenvalue weighted by Crippen LogP contribution is 2.40. The summed E-state index contributed by atoms with van der Waals surface area (Å²) in [7, 11) is -2.11. The van der Waals surface area contributed by atoms with Gasteiger partial charge in [-0.2, -0.15) is 5.10 Å². The Bertz CT molecular complexity index is 1430. The van der Waals surface area contributed by atoms with Crippen LogP contribution in [0.25, 0.3) is 16.9 Å². The Morgan fingerprint density at radius 1 is 1.11 bits per heavy atom. The van der Waals surface area contributed by atoms with E-state index >= 15 is 0 Å². The molecule has 36 heavy (non-hydrogen) atoms. The topological polar surface area (TPSA) is 120 Å². The number of sulfone groups is 1. The standard InChI is InChI=1S/C25H26N4O6S/c1-34-12-9-26-24(30)17-5-4-6-18(15-17)29-23-19-7-2-3-8-21(19)36(32,33)16-20(23)22(27-29)25(31)28-10-13-35-14-11-28/h2-8,15H,9-14,16H2,1H3,(H,26,30). The number of hydrogen-bond acceptors (Lipinski definition) is 7. The quantitative estimate of drug-likeness (QED) is 0.501. The van der Waals surface area contributed by atoms with Gasteiger partial charge in [-0.15, -0.1) is 0 Å². The van der Waals surface area contributed by atoms with Crippen LogP contribution in [0, 0.1) is 0 Å². The van der Waals surface area contributed by atoms with Gasteiger partial charge in [-0.25, -0.2) is 13.1 Å². The Labute approximate surface area is 208 Å². The van der Waals surface area contributed by atoms with Crippen LogP contribution in [0.2, 0.25) is 0 Å². The van der Waals surface area contributed by atoms with Gasteiger partial charge in [0.1, 0.15) is 0 Å². The second kappa shape index (κ2) is 9.84. The summed E-state index contributed by atoms with van der Waals surface area (Å²) in [5, 5.41) is 7.43. The fourth-order valence-corrected chi connectivity index (χ4v) is 6.08. The highest BCUT2D eigenvalue weighted by atomic mass is 32.2. The molecule has 2 aliphatic heterocycles. The maximum atomic E-state index is 13.5. The molecule has 0 bridgehead atoms. The van der Waals surface area contributed by atoms with Crippen LogP contribution >= 0.6 is 0 Å². The Morgan fingerprint density at radius 2 is 1.89 bits per heavy atom. The molecule has 1 saturated heterocycles. The van der Waals surface area contributed by atoms with Crippen molar-refractivity contribution in [3.05, 3.63) is 65.4 Å². The molecule has 1 N–H and O–H groups in total. The lowest BCUT2D eigenvalue weighted by molar-refractivity contribution is 0.0298. The van der Waals surface area contributed by atoms with Gasteiger partial charge in [-0.3, -0.25) is 9.59 Å². The summed E-state index contributed by atoms with van der Waals surface area (Å²) in [4.78, 5) is 28.0. The lowest BCUT2D eigenvalue weighted by Crippen LogP contribution is -2.41. The molecule has 188 valence electrons. The van der Waals surface area contributed by atoms with E-state index in [4.69, 9.17) is 9.47 Å². The van der Waals surface area contributed by atoms with Gasteiger partial charge >= 0.3 is 0 Å². The number of nitrogens with one attached hydrogen (secondary N) is 1. The monoisotopic (exact) mass is 510 g/mol. The maximum Gasteiger partial charge on any atom is 0.274 e. The molecule has 1 aromatic heterocycles. The van der Waals surface area contributed by atoms with Crippen LogP contribution in [0.5, 0.6) is 0 Å². The SMILES string of the molecule is COCCNC(=O)c1cccc(-n2nc(C(=O)N3CCOCC3)c3c2-c2ccccc2S(=O)(=O)C3)c1. The number of ether oxygens (including phenoxy) is 2. The Kier molecular flexibility index (Phi) is 6.61. The van der Waals surface area contributed by atoms with Crippen LogP contribution in [-0.2, 0) is 25.1 Å². The molecule has 0 radical (unpaired) electrons. The number of benzene rings is 2. The molecule has 11 heteroatoms. The molecule has 3 heterocycles. The minimum atomic E-state index is -3.67. The van der Waals surface area contributed by atoms with E-state index in [0.717, 1.165) is 0 Å². The minimum absolute atomic E-state index is 0.0972. The van der Waals surface area contributed by atoms with Gasteiger partial charge in [0.2, 0.25) is 0 Å². The van der Waals surface area contributed by atoms with E-state index in [9.17, 15) is 18.0 Å². The van der Waals surface area contributed by atoms with Crippen molar-refractivity contribution in [3.8, 4) is 16.9 Å². The number of hydrogen-bond donors (Lipinski definition) is 1. The number of amides is 2. The zero-order chi connectivity index (χ0) is 25.3.